The molecule has 1 heterocycles. The van der Waals surface area contributed by atoms with Crippen molar-refractivity contribution in [2.45, 2.75) is 6.92 Å². The van der Waals surface area contributed by atoms with Gasteiger partial charge in [-0.05, 0) is 66.8 Å². The minimum atomic E-state index is -0.487. The molecular formula is C10H8Br2N4O2. The van der Waals surface area contributed by atoms with Crippen LogP contribution in [0.4, 0.5) is 11.5 Å². The van der Waals surface area contributed by atoms with Crippen LogP contribution >= 0.6 is 31.9 Å². The number of carbonyl (C=O) groups is 1. The molecule has 0 aliphatic rings. The summed E-state index contributed by atoms with van der Waals surface area (Å²) in [5.74, 6) is -0.536. The maximum atomic E-state index is 11.9. The summed E-state index contributed by atoms with van der Waals surface area (Å²) in [6.07, 6.45) is 0. The van der Waals surface area contributed by atoms with Gasteiger partial charge in [-0.2, -0.15) is 0 Å². The molecule has 94 valence electrons. The summed E-state index contributed by atoms with van der Waals surface area (Å²) < 4.78 is 5.87. The third-order valence-electron chi connectivity index (χ3n) is 2.15. The Labute approximate surface area is 119 Å². The van der Waals surface area contributed by atoms with Crippen molar-refractivity contribution in [3.05, 3.63) is 32.3 Å². The van der Waals surface area contributed by atoms with Crippen molar-refractivity contribution in [3.63, 3.8) is 0 Å². The number of rotatable bonds is 2. The van der Waals surface area contributed by atoms with E-state index in [1.54, 1.807) is 0 Å². The minimum Gasteiger partial charge on any atom is -0.379 e. The van der Waals surface area contributed by atoms with Crippen LogP contribution in [-0.4, -0.2) is 16.2 Å². The van der Waals surface area contributed by atoms with Crippen molar-refractivity contribution in [3.8, 4) is 0 Å². The first-order valence-electron chi connectivity index (χ1n) is 4.84. The first-order chi connectivity index (χ1) is 8.49. The fraction of sp³-hybridized carbons (Fsp3) is 0.100. The summed E-state index contributed by atoms with van der Waals surface area (Å²) in [7, 11) is 0. The largest absolute Gasteiger partial charge is 0.379 e. The average molecular weight is 376 g/mol. The molecule has 3 N–H and O–H groups in total. The van der Waals surface area contributed by atoms with Gasteiger partial charge in [0.25, 0.3) is 5.91 Å². The number of aryl methyl sites for hydroxylation is 1. The maximum absolute atomic E-state index is 11.9. The van der Waals surface area contributed by atoms with Crippen molar-refractivity contribution >= 4 is 49.3 Å². The molecule has 0 aliphatic heterocycles. The van der Waals surface area contributed by atoms with E-state index in [9.17, 15) is 4.79 Å². The molecule has 0 bridgehead atoms. The molecule has 2 aromatic rings. The zero-order chi connectivity index (χ0) is 13.3. The molecule has 0 aliphatic carbocycles. The Kier molecular flexibility index (Phi) is 3.67. The lowest BCUT2D eigenvalue weighted by molar-refractivity contribution is 0.101. The molecule has 0 radical (unpaired) electrons. The standard InChI is InChI=1S/C10H8Br2N4O2/c1-4-2-5(11)7(6(12)3-4)14-10(17)8-9(13)16-18-15-8/h2-3H,1H3,(H2,13,16)(H,14,17). The zero-order valence-corrected chi connectivity index (χ0v) is 12.4. The van der Waals surface area contributed by atoms with Gasteiger partial charge in [-0.1, -0.05) is 0 Å². The summed E-state index contributed by atoms with van der Waals surface area (Å²) in [6.45, 7) is 1.95. The average Bonchev–Trinajstić information content (AvgIpc) is 2.69. The van der Waals surface area contributed by atoms with Gasteiger partial charge in [-0.25, -0.2) is 4.63 Å². The van der Waals surface area contributed by atoms with Gasteiger partial charge in [0.1, 0.15) is 0 Å². The fourth-order valence-electron chi connectivity index (χ4n) is 1.34. The zero-order valence-electron chi connectivity index (χ0n) is 9.20. The van der Waals surface area contributed by atoms with E-state index in [0.29, 0.717) is 5.69 Å². The summed E-state index contributed by atoms with van der Waals surface area (Å²) >= 11 is 6.75. The van der Waals surface area contributed by atoms with Gasteiger partial charge in [0.2, 0.25) is 11.5 Å². The van der Waals surface area contributed by atoms with Crippen LogP contribution in [0.5, 0.6) is 0 Å². The van der Waals surface area contributed by atoms with Gasteiger partial charge in [0.05, 0.1) is 5.69 Å². The highest BCUT2D eigenvalue weighted by atomic mass is 79.9. The highest BCUT2D eigenvalue weighted by Gasteiger charge is 2.18. The molecule has 0 saturated carbocycles. The number of halogens is 2. The number of nitrogens with one attached hydrogen (secondary N) is 1. The lowest BCUT2D eigenvalue weighted by Crippen LogP contribution is -2.15. The molecular weight excluding hydrogens is 368 g/mol. The van der Waals surface area contributed by atoms with Crippen LogP contribution in [0.1, 0.15) is 16.1 Å². The lowest BCUT2D eigenvalue weighted by atomic mass is 10.2. The number of nitrogens with zero attached hydrogens (tertiary/aromatic N) is 2. The molecule has 2 rings (SSSR count). The number of hydrogen-bond acceptors (Lipinski definition) is 5. The Hall–Kier alpha value is -1.41. The van der Waals surface area contributed by atoms with E-state index in [1.807, 2.05) is 19.1 Å². The van der Waals surface area contributed by atoms with E-state index < -0.39 is 5.91 Å². The summed E-state index contributed by atoms with van der Waals surface area (Å²) in [5.41, 5.74) is 7.04. The van der Waals surface area contributed by atoms with E-state index in [0.717, 1.165) is 14.5 Å². The second kappa shape index (κ2) is 5.07. The van der Waals surface area contributed by atoms with Gasteiger partial charge in [0, 0.05) is 8.95 Å². The molecule has 1 amide bonds. The quantitative estimate of drug-likeness (QED) is 0.841. The smallest absolute Gasteiger partial charge is 0.281 e. The molecule has 0 spiro atoms. The second-order valence-corrected chi connectivity index (χ2v) is 5.26. The summed E-state index contributed by atoms with van der Waals surface area (Å²) in [6, 6.07) is 3.76. The predicted octanol–water partition coefficient (Wildman–Crippen LogP) is 2.74. The Bertz CT molecular complexity index is 589. The third-order valence-corrected chi connectivity index (χ3v) is 3.40. The Morgan fingerprint density at radius 3 is 2.44 bits per heavy atom. The molecule has 0 atom stereocenters. The number of carbonyl (C=O) groups excluding carboxylic acids is 1. The minimum absolute atomic E-state index is 0.0469. The predicted molar refractivity (Wildman–Crippen MR) is 73.2 cm³/mol. The van der Waals surface area contributed by atoms with Crippen LogP contribution < -0.4 is 11.1 Å². The van der Waals surface area contributed by atoms with Crippen molar-refractivity contribution in [1.82, 2.24) is 10.3 Å². The summed E-state index contributed by atoms with van der Waals surface area (Å²) in [5, 5.41) is 9.45. The normalized spacial score (nSPS) is 10.4. The molecule has 0 fully saturated rings. The van der Waals surface area contributed by atoms with Crippen LogP contribution in [0.2, 0.25) is 0 Å². The molecule has 0 unspecified atom stereocenters. The maximum Gasteiger partial charge on any atom is 0.281 e. The number of hydrogen-bond donors (Lipinski definition) is 2. The second-order valence-electron chi connectivity index (χ2n) is 3.56. The van der Waals surface area contributed by atoms with Crippen LogP contribution in [0, 0.1) is 6.92 Å². The Balaban J connectivity index is 2.31. The number of benzene rings is 1. The molecule has 0 saturated heterocycles. The van der Waals surface area contributed by atoms with Crippen molar-refractivity contribution < 1.29 is 9.42 Å². The van der Waals surface area contributed by atoms with Crippen molar-refractivity contribution in [2.75, 3.05) is 11.1 Å². The van der Waals surface area contributed by atoms with E-state index in [4.69, 9.17) is 5.73 Å². The first-order valence-corrected chi connectivity index (χ1v) is 6.42. The third kappa shape index (κ3) is 2.54. The molecule has 6 nitrogen and oxygen atoms in total. The number of anilines is 2. The highest BCUT2D eigenvalue weighted by molar-refractivity contribution is 9.11. The van der Waals surface area contributed by atoms with E-state index in [1.165, 1.54) is 0 Å². The number of amides is 1. The van der Waals surface area contributed by atoms with Crippen LogP contribution in [0.15, 0.2) is 25.7 Å². The van der Waals surface area contributed by atoms with Gasteiger partial charge in [-0.3, -0.25) is 4.79 Å². The van der Waals surface area contributed by atoms with E-state index in [2.05, 4.69) is 52.1 Å². The van der Waals surface area contributed by atoms with Crippen LogP contribution in [0.25, 0.3) is 0 Å². The van der Waals surface area contributed by atoms with Crippen molar-refractivity contribution in [1.29, 1.82) is 0 Å². The van der Waals surface area contributed by atoms with Crippen LogP contribution in [-0.2, 0) is 0 Å². The van der Waals surface area contributed by atoms with Gasteiger partial charge in [0.15, 0.2) is 0 Å². The number of aromatic nitrogens is 2. The fourth-order valence-corrected chi connectivity index (χ4v) is 2.96. The van der Waals surface area contributed by atoms with E-state index >= 15 is 0 Å². The van der Waals surface area contributed by atoms with Gasteiger partial charge < -0.3 is 11.1 Å². The molecule has 18 heavy (non-hydrogen) atoms. The summed E-state index contributed by atoms with van der Waals surface area (Å²) in [4.78, 5) is 11.9. The van der Waals surface area contributed by atoms with Gasteiger partial charge in [-0.15, -0.1) is 0 Å². The lowest BCUT2D eigenvalue weighted by Gasteiger charge is -2.09. The molecule has 1 aromatic carbocycles. The van der Waals surface area contributed by atoms with Crippen molar-refractivity contribution in [2.24, 2.45) is 0 Å². The SMILES string of the molecule is Cc1cc(Br)c(NC(=O)c2nonc2N)c(Br)c1. The number of nitrogens with two attached hydrogens (primary N) is 1. The molecule has 1 aromatic heterocycles. The topological polar surface area (TPSA) is 94.0 Å². The van der Waals surface area contributed by atoms with E-state index in [-0.39, 0.29) is 11.5 Å². The Morgan fingerprint density at radius 2 is 1.94 bits per heavy atom. The highest BCUT2D eigenvalue weighted by Crippen LogP contribution is 2.32. The Morgan fingerprint density at radius 1 is 1.33 bits per heavy atom. The monoisotopic (exact) mass is 374 g/mol. The molecule has 8 heteroatoms. The van der Waals surface area contributed by atoms with Crippen LogP contribution in [0.3, 0.4) is 0 Å². The van der Waals surface area contributed by atoms with Gasteiger partial charge >= 0.3 is 0 Å². The number of nitrogen functional groups attached to an aromatic ring is 1. The first kappa shape index (κ1) is 13.0.